The molecule has 2 aromatic carbocycles. The van der Waals surface area contributed by atoms with E-state index in [9.17, 15) is 13.6 Å². The van der Waals surface area contributed by atoms with Gasteiger partial charge in [-0.25, -0.2) is 4.79 Å². The Hall–Kier alpha value is -2.83. The lowest BCUT2D eigenvalue weighted by Crippen LogP contribution is -2.33. The maximum Gasteiger partial charge on any atom is 0.387 e. The first kappa shape index (κ1) is 18.5. The van der Waals surface area contributed by atoms with Crippen LogP contribution in [0.15, 0.2) is 48.5 Å². The lowest BCUT2D eigenvalue weighted by Gasteiger charge is -2.26. The molecule has 0 spiro atoms. The van der Waals surface area contributed by atoms with Crippen LogP contribution in [0.4, 0.5) is 19.3 Å². The van der Waals surface area contributed by atoms with Gasteiger partial charge in [-0.3, -0.25) is 0 Å². The van der Waals surface area contributed by atoms with E-state index in [2.05, 4.69) is 10.1 Å². The van der Waals surface area contributed by atoms with Crippen LogP contribution >= 0.6 is 0 Å². The van der Waals surface area contributed by atoms with Crippen molar-refractivity contribution in [3.05, 3.63) is 54.1 Å². The van der Waals surface area contributed by atoms with Crippen molar-refractivity contribution in [1.82, 2.24) is 4.90 Å². The molecule has 0 aromatic heterocycles. The van der Waals surface area contributed by atoms with Crippen LogP contribution in [0.2, 0.25) is 0 Å². The summed E-state index contributed by atoms with van der Waals surface area (Å²) >= 11 is 0. The van der Waals surface area contributed by atoms with E-state index in [0.717, 1.165) is 5.56 Å². The van der Waals surface area contributed by atoms with Crippen molar-refractivity contribution in [2.45, 2.75) is 19.6 Å². The van der Waals surface area contributed by atoms with Crippen molar-refractivity contribution in [2.75, 3.05) is 19.5 Å². The number of para-hydroxylation sites is 1. The SMILES string of the molecule is COc1ccccc1[C@H](C)N(C)C(=O)Nc1cccc(OC(F)F)c1. The summed E-state index contributed by atoms with van der Waals surface area (Å²) in [6.45, 7) is -1.05. The average Bonchev–Trinajstić information content (AvgIpc) is 2.60. The number of alkyl halides is 2. The van der Waals surface area contributed by atoms with E-state index in [1.54, 1.807) is 20.2 Å². The summed E-state index contributed by atoms with van der Waals surface area (Å²) < 4.78 is 34.2. The number of amides is 2. The average molecular weight is 350 g/mol. The molecule has 0 aliphatic heterocycles. The van der Waals surface area contributed by atoms with Crippen LogP contribution in [0.3, 0.4) is 0 Å². The van der Waals surface area contributed by atoms with Crippen LogP contribution in [-0.2, 0) is 0 Å². The highest BCUT2D eigenvalue weighted by Gasteiger charge is 2.20. The summed E-state index contributed by atoms with van der Waals surface area (Å²) in [6, 6.07) is 12.6. The number of carbonyl (C=O) groups is 1. The van der Waals surface area contributed by atoms with E-state index < -0.39 is 6.61 Å². The molecular formula is C18H20F2N2O3. The Labute approximate surface area is 145 Å². The van der Waals surface area contributed by atoms with Gasteiger partial charge in [0.15, 0.2) is 0 Å². The summed E-state index contributed by atoms with van der Waals surface area (Å²) in [4.78, 5) is 13.9. The molecule has 0 aliphatic rings. The Bertz CT molecular complexity index is 725. The van der Waals surface area contributed by atoms with Crippen LogP contribution < -0.4 is 14.8 Å². The number of urea groups is 1. The molecule has 2 amide bonds. The monoisotopic (exact) mass is 350 g/mol. The second-order valence-electron chi connectivity index (χ2n) is 5.37. The highest BCUT2D eigenvalue weighted by Crippen LogP contribution is 2.28. The van der Waals surface area contributed by atoms with E-state index >= 15 is 0 Å². The highest BCUT2D eigenvalue weighted by atomic mass is 19.3. The van der Waals surface area contributed by atoms with E-state index in [1.165, 1.54) is 23.1 Å². The second-order valence-corrected chi connectivity index (χ2v) is 5.37. The second kappa shape index (κ2) is 8.32. The number of nitrogens with one attached hydrogen (secondary N) is 1. The van der Waals surface area contributed by atoms with Crippen LogP contribution in [0.25, 0.3) is 0 Å². The van der Waals surface area contributed by atoms with Crippen molar-refractivity contribution in [3.8, 4) is 11.5 Å². The lowest BCUT2D eigenvalue weighted by molar-refractivity contribution is -0.0497. The Morgan fingerprint density at radius 1 is 1.16 bits per heavy atom. The van der Waals surface area contributed by atoms with Crippen LogP contribution in [0.5, 0.6) is 11.5 Å². The van der Waals surface area contributed by atoms with Gasteiger partial charge in [0.2, 0.25) is 0 Å². The van der Waals surface area contributed by atoms with Crippen molar-refractivity contribution in [1.29, 1.82) is 0 Å². The Kier molecular flexibility index (Phi) is 6.16. The number of benzene rings is 2. The molecule has 1 atom stereocenters. The fourth-order valence-electron chi connectivity index (χ4n) is 2.36. The Morgan fingerprint density at radius 2 is 1.88 bits per heavy atom. The van der Waals surface area contributed by atoms with Gasteiger partial charge in [-0.15, -0.1) is 0 Å². The van der Waals surface area contributed by atoms with E-state index in [0.29, 0.717) is 11.4 Å². The molecule has 1 N–H and O–H groups in total. The quantitative estimate of drug-likeness (QED) is 0.833. The van der Waals surface area contributed by atoms with Crippen LogP contribution in [0, 0.1) is 0 Å². The zero-order chi connectivity index (χ0) is 18.4. The summed E-state index contributed by atoms with van der Waals surface area (Å²) in [5.74, 6) is 0.662. The first-order chi connectivity index (χ1) is 11.9. The van der Waals surface area contributed by atoms with Gasteiger partial charge in [0.25, 0.3) is 0 Å². The molecule has 0 radical (unpaired) electrons. The van der Waals surface area contributed by atoms with E-state index in [4.69, 9.17) is 4.74 Å². The summed E-state index contributed by atoms with van der Waals surface area (Å²) in [5.41, 5.74) is 1.22. The number of anilines is 1. The molecule has 0 saturated carbocycles. The van der Waals surface area contributed by atoms with Gasteiger partial charge in [0.1, 0.15) is 11.5 Å². The molecule has 5 nitrogen and oxygen atoms in total. The molecule has 134 valence electrons. The normalized spacial score (nSPS) is 11.8. The lowest BCUT2D eigenvalue weighted by atomic mass is 10.1. The molecule has 2 rings (SSSR count). The van der Waals surface area contributed by atoms with Gasteiger partial charge >= 0.3 is 12.6 Å². The molecular weight excluding hydrogens is 330 g/mol. The number of ether oxygens (including phenoxy) is 2. The Balaban J connectivity index is 2.09. The molecule has 7 heteroatoms. The maximum atomic E-state index is 12.4. The van der Waals surface area contributed by atoms with Crippen LogP contribution in [0.1, 0.15) is 18.5 Å². The summed E-state index contributed by atoms with van der Waals surface area (Å²) in [6.07, 6.45) is 0. The van der Waals surface area contributed by atoms with E-state index in [-0.39, 0.29) is 17.8 Å². The van der Waals surface area contributed by atoms with Crippen molar-refractivity contribution >= 4 is 11.7 Å². The fraction of sp³-hybridized carbons (Fsp3) is 0.278. The maximum absolute atomic E-state index is 12.4. The van der Waals surface area contributed by atoms with Crippen molar-refractivity contribution in [2.24, 2.45) is 0 Å². The highest BCUT2D eigenvalue weighted by molar-refractivity contribution is 5.89. The first-order valence-electron chi connectivity index (χ1n) is 7.64. The number of rotatable bonds is 6. The molecule has 2 aromatic rings. The van der Waals surface area contributed by atoms with Gasteiger partial charge in [0, 0.05) is 24.4 Å². The molecule has 0 fully saturated rings. The topological polar surface area (TPSA) is 50.8 Å². The third kappa shape index (κ3) is 4.82. The predicted octanol–water partition coefficient (Wildman–Crippen LogP) is 4.52. The molecule has 0 aliphatic carbocycles. The number of carbonyl (C=O) groups excluding carboxylic acids is 1. The standard InChI is InChI=1S/C18H20F2N2O3/c1-12(15-9-4-5-10-16(15)24-3)22(2)18(23)21-13-7-6-8-14(11-13)25-17(19)20/h4-12,17H,1-3H3,(H,21,23)/t12-/m0/s1. The first-order valence-corrected chi connectivity index (χ1v) is 7.64. The minimum Gasteiger partial charge on any atom is -0.496 e. The predicted molar refractivity (Wildman–Crippen MR) is 91.3 cm³/mol. The van der Waals surface area contributed by atoms with Crippen molar-refractivity contribution < 1.29 is 23.0 Å². The molecule has 0 bridgehead atoms. The van der Waals surface area contributed by atoms with Gasteiger partial charge in [-0.05, 0) is 25.1 Å². The van der Waals surface area contributed by atoms with Crippen molar-refractivity contribution in [3.63, 3.8) is 0 Å². The minimum atomic E-state index is -2.92. The van der Waals surface area contributed by atoms with E-state index in [1.807, 2.05) is 31.2 Å². The number of hydrogen-bond acceptors (Lipinski definition) is 3. The van der Waals surface area contributed by atoms with Gasteiger partial charge in [-0.1, -0.05) is 24.3 Å². The number of nitrogens with zero attached hydrogens (tertiary/aromatic N) is 1. The summed E-state index contributed by atoms with van der Waals surface area (Å²) in [5, 5.41) is 2.66. The fourth-order valence-corrected chi connectivity index (χ4v) is 2.36. The zero-order valence-corrected chi connectivity index (χ0v) is 14.2. The third-order valence-electron chi connectivity index (χ3n) is 3.80. The number of hydrogen-bond donors (Lipinski definition) is 1. The molecule has 25 heavy (non-hydrogen) atoms. The summed E-state index contributed by atoms with van der Waals surface area (Å²) in [7, 11) is 3.21. The number of halogens is 2. The molecule has 0 heterocycles. The Morgan fingerprint density at radius 3 is 2.56 bits per heavy atom. The van der Waals surface area contributed by atoms with Crippen LogP contribution in [-0.4, -0.2) is 31.7 Å². The third-order valence-corrected chi connectivity index (χ3v) is 3.80. The largest absolute Gasteiger partial charge is 0.496 e. The number of methoxy groups -OCH3 is 1. The smallest absolute Gasteiger partial charge is 0.387 e. The zero-order valence-electron chi connectivity index (χ0n) is 14.2. The molecule has 0 saturated heterocycles. The minimum absolute atomic E-state index is 0.0202. The molecule has 0 unspecified atom stereocenters. The van der Waals surface area contributed by atoms with Gasteiger partial charge < -0.3 is 19.7 Å². The van der Waals surface area contributed by atoms with Gasteiger partial charge in [-0.2, -0.15) is 8.78 Å². The van der Waals surface area contributed by atoms with Gasteiger partial charge in [0.05, 0.1) is 13.2 Å².